The number of ketones is 1. The van der Waals surface area contributed by atoms with Crippen LogP contribution in [0.3, 0.4) is 0 Å². The van der Waals surface area contributed by atoms with E-state index < -0.39 is 0 Å². The lowest BCUT2D eigenvalue weighted by atomic mass is 10.2. The molecule has 0 bridgehead atoms. The Balaban J connectivity index is 1.46. The highest BCUT2D eigenvalue weighted by atomic mass is 32.2. The van der Waals surface area contributed by atoms with Crippen LogP contribution in [0.1, 0.15) is 34.6 Å². The highest BCUT2D eigenvalue weighted by molar-refractivity contribution is 7.99. The Morgan fingerprint density at radius 1 is 1.29 bits per heavy atom. The zero-order valence-electron chi connectivity index (χ0n) is 16.2. The van der Waals surface area contributed by atoms with Gasteiger partial charge in [0.1, 0.15) is 6.33 Å². The normalized spacial score (nSPS) is 16.6. The molecule has 0 spiro atoms. The molecule has 0 N–H and O–H groups in total. The summed E-state index contributed by atoms with van der Waals surface area (Å²) in [6.45, 7) is 5.74. The first kappa shape index (κ1) is 19.0. The smallest absolute Gasteiger partial charge is 0.196 e. The number of carbonyl (C=O) groups is 1. The van der Waals surface area contributed by atoms with Gasteiger partial charge < -0.3 is 9.30 Å². The molecule has 0 unspecified atom stereocenters. The highest BCUT2D eigenvalue weighted by Crippen LogP contribution is 2.24. The van der Waals surface area contributed by atoms with E-state index in [9.17, 15) is 4.79 Å². The first-order chi connectivity index (χ1) is 13.6. The molecule has 0 aliphatic carbocycles. The van der Waals surface area contributed by atoms with Gasteiger partial charge in [-0.1, -0.05) is 30.0 Å². The van der Waals surface area contributed by atoms with Gasteiger partial charge in [0.15, 0.2) is 10.9 Å². The van der Waals surface area contributed by atoms with Gasteiger partial charge in [-0.15, -0.1) is 10.2 Å². The minimum absolute atomic E-state index is 0.110. The van der Waals surface area contributed by atoms with Crippen molar-refractivity contribution in [3.8, 4) is 5.69 Å². The molecule has 0 saturated carbocycles. The van der Waals surface area contributed by atoms with Gasteiger partial charge in [0.25, 0.3) is 0 Å². The zero-order chi connectivity index (χ0) is 19.5. The van der Waals surface area contributed by atoms with Crippen LogP contribution in [-0.2, 0) is 11.3 Å². The molecule has 1 aliphatic rings. The summed E-state index contributed by atoms with van der Waals surface area (Å²) in [6, 6.07) is 11.9. The Labute approximate surface area is 168 Å². The van der Waals surface area contributed by atoms with Gasteiger partial charge in [0.05, 0.1) is 11.9 Å². The lowest BCUT2D eigenvalue weighted by Gasteiger charge is -2.14. The second-order valence-corrected chi connectivity index (χ2v) is 8.00. The largest absolute Gasteiger partial charge is 0.376 e. The molecule has 7 heteroatoms. The van der Waals surface area contributed by atoms with Crippen molar-refractivity contribution in [3.05, 3.63) is 59.7 Å². The van der Waals surface area contributed by atoms with Gasteiger partial charge in [-0.05, 0) is 44.9 Å². The summed E-state index contributed by atoms with van der Waals surface area (Å²) in [5.74, 6) is 0.440. The van der Waals surface area contributed by atoms with Crippen LogP contribution in [0.2, 0.25) is 0 Å². The summed E-state index contributed by atoms with van der Waals surface area (Å²) >= 11 is 1.41. The second kappa shape index (κ2) is 8.32. The molecule has 3 heterocycles. The molecule has 0 radical (unpaired) electrons. The number of ether oxygens (including phenoxy) is 1. The van der Waals surface area contributed by atoms with E-state index in [-0.39, 0.29) is 11.9 Å². The molecule has 1 saturated heterocycles. The predicted octanol–water partition coefficient (Wildman–Crippen LogP) is 3.84. The van der Waals surface area contributed by atoms with E-state index in [1.807, 2.05) is 47.9 Å². The topological polar surface area (TPSA) is 61.9 Å². The molecule has 1 fully saturated rings. The van der Waals surface area contributed by atoms with Crippen LogP contribution in [0.15, 0.2) is 47.9 Å². The van der Waals surface area contributed by atoms with Crippen LogP contribution in [0.4, 0.5) is 0 Å². The third-order valence-corrected chi connectivity index (χ3v) is 6.11. The van der Waals surface area contributed by atoms with Crippen molar-refractivity contribution in [1.82, 2.24) is 19.3 Å². The Bertz CT molecular complexity index is 958. The Morgan fingerprint density at radius 3 is 2.86 bits per heavy atom. The number of nitrogens with zero attached hydrogens (tertiary/aromatic N) is 4. The molecule has 1 atom stereocenters. The second-order valence-electron chi connectivity index (χ2n) is 7.06. The molecule has 1 aromatic carbocycles. The molecule has 1 aliphatic heterocycles. The quantitative estimate of drug-likeness (QED) is 0.449. The van der Waals surface area contributed by atoms with Crippen LogP contribution < -0.4 is 0 Å². The van der Waals surface area contributed by atoms with Crippen molar-refractivity contribution >= 4 is 17.5 Å². The summed E-state index contributed by atoms with van der Waals surface area (Å²) in [4.78, 5) is 12.9. The Morgan fingerprint density at radius 2 is 2.11 bits per heavy atom. The van der Waals surface area contributed by atoms with Crippen LogP contribution >= 0.6 is 11.8 Å². The van der Waals surface area contributed by atoms with Crippen molar-refractivity contribution in [2.75, 3.05) is 12.4 Å². The fourth-order valence-electron chi connectivity index (χ4n) is 3.65. The SMILES string of the molecule is Cc1cc(C(=O)CSc2nncn2-c2ccccc2)c(C)n1C[C@H]1CCCO1. The monoisotopic (exact) mass is 396 g/mol. The van der Waals surface area contributed by atoms with E-state index in [4.69, 9.17) is 4.74 Å². The lowest BCUT2D eigenvalue weighted by Crippen LogP contribution is -2.17. The number of aryl methyl sites for hydroxylation is 1. The van der Waals surface area contributed by atoms with Crippen LogP contribution in [0.5, 0.6) is 0 Å². The van der Waals surface area contributed by atoms with Gasteiger partial charge in [-0.3, -0.25) is 9.36 Å². The number of aromatic nitrogens is 4. The van der Waals surface area contributed by atoms with E-state index in [2.05, 4.69) is 21.7 Å². The number of hydrogen-bond donors (Lipinski definition) is 0. The Hall–Kier alpha value is -2.38. The molecular weight excluding hydrogens is 372 g/mol. The maximum Gasteiger partial charge on any atom is 0.196 e. The van der Waals surface area contributed by atoms with Gasteiger partial charge in [0.2, 0.25) is 0 Å². The summed E-state index contributed by atoms with van der Waals surface area (Å²) < 4.78 is 9.87. The van der Waals surface area contributed by atoms with Crippen molar-refractivity contribution in [2.45, 2.75) is 44.5 Å². The maximum absolute atomic E-state index is 12.9. The zero-order valence-corrected chi connectivity index (χ0v) is 17.0. The fourth-order valence-corrected chi connectivity index (χ4v) is 4.46. The average molecular weight is 397 g/mol. The molecule has 146 valence electrons. The molecule has 2 aromatic heterocycles. The van der Waals surface area contributed by atoms with E-state index in [0.29, 0.717) is 10.9 Å². The van der Waals surface area contributed by atoms with E-state index >= 15 is 0 Å². The van der Waals surface area contributed by atoms with E-state index in [1.54, 1.807) is 6.33 Å². The number of Topliss-reactive ketones (excluding diaryl/α,β-unsaturated/α-hetero) is 1. The number of carbonyl (C=O) groups excluding carboxylic acids is 1. The summed E-state index contributed by atoms with van der Waals surface area (Å²) in [5.41, 5.74) is 3.89. The van der Waals surface area contributed by atoms with Crippen LogP contribution in [0, 0.1) is 13.8 Å². The number of rotatable bonds is 7. The molecule has 28 heavy (non-hydrogen) atoms. The van der Waals surface area contributed by atoms with Crippen molar-refractivity contribution < 1.29 is 9.53 Å². The maximum atomic E-state index is 12.9. The van der Waals surface area contributed by atoms with E-state index in [0.717, 1.165) is 48.6 Å². The number of benzene rings is 1. The number of hydrogen-bond acceptors (Lipinski definition) is 5. The minimum Gasteiger partial charge on any atom is -0.376 e. The van der Waals surface area contributed by atoms with Crippen molar-refractivity contribution in [2.24, 2.45) is 0 Å². The molecule has 6 nitrogen and oxygen atoms in total. The summed E-state index contributed by atoms with van der Waals surface area (Å²) in [5, 5.41) is 8.89. The molecular formula is C21H24N4O2S. The molecule has 0 amide bonds. The number of para-hydroxylation sites is 1. The van der Waals surface area contributed by atoms with Crippen LogP contribution in [-0.4, -0.2) is 43.6 Å². The Kier molecular flexibility index (Phi) is 5.64. The van der Waals surface area contributed by atoms with Crippen molar-refractivity contribution in [1.29, 1.82) is 0 Å². The molecule has 3 aromatic rings. The molecule has 4 rings (SSSR count). The lowest BCUT2D eigenvalue weighted by molar-refractivity contribution is 0.0957. The van der Waals surface area contributed by atoms with Crippen molar-refractivity contribution in [3.63, 3.8) is 0 Å². The standard InChI is InChI=1S/C21H24N4O2S/c1-15-11-19(16(2)24(15)12-18-9-6-10-27-18)20(26)13-28-21-23-22-14-25(21)17-7-4-3-5-8-17/h3-5,7-8,11,14,18H,6,9-10,12-13H2,1-2H3/t18-/m1/s1. The first-order valence-electron chi connectivity index (χ1n) is 9.53. The average Bonchev–Trinajstić information content (AvgIpc) is 3.44. The van der Waals surface area contributed by atoms with Gasteiger partial charge in [-0.2, -0.15) is 0 Å². The first-order valence-corrected chi connectivity index (χ1v) is 10.5. The minimum atomic E-state index is 0.110. The van der Waals surface area contributed by atoms with Gasteiger partial charge in [-0.25, -0.2) is 0 Å². The van der Waals surface area contributed by atoms with E-state index in [1.165, 1.54) is 11.8 Å². The van der Waals surface area contributed by atoms with Crippen LogP contribution in [0.25, 0.3) is 5.69 Å². The third-order valence-electron chi connectivity index (χ3n) is 5.17. The predicted molar refractivity (Wildman–Crippen MR) is 109 cm³/mol. The van der Waals surface area contributed by atoms with Gasteiger partial charge >= 0.3 is 0 Å². The van der Waals surface area contributed by atoms with Gasteiger partial charge in [0, 0.05) is 35.8 Å². The fraction of sp³-hybridized carbons (Fsp3) is 0.381. The highest BCUT2D eigenvalue weighted by Gasteiger charge is 2.21. The summed E-state index contributed by atoms with van der Waals surface area (Å²) in [6.07, 6.45) is 4.14. The number of thioether (sulfide) groups is 1. The summed E-state index contributed by atoms with van der Waals surface area (Å²) in [7, 11) is 0. The third kappa shape index (κ3) is 3.91.